The van der Waals surface area contributed by atoms with Crippen molar-refractivity contribution in [2.24, 2.45) is 0 Å². The van der Waals surface area contributed by atoms with E-state index in [1.165, 1.54) is 16.1 Å². The maximum Gasteiger partial charge on any atom is 0.315 e. The molecule has 0 saturated carbocycles. The van der Waals surface area contributed by atoms with Crippen LogP contribution in [-0.2, 0) is 16.4 Å². The molecule has 0 aromatic heterocycles. The van der Waals surface area contributed by atoms with Crippen LogP contribution in [0.3, 0.4) is 0 Å². The Balaban J connectivity index is 1.72. The van der Waals surface area contributed by atoms with E-state index in [0.717, 1.165) is 19.3 Å². The first-order valence-electron chi connectivity index (χ1n) is 7.48. The molecule has 1 saturated heterocycles. The Labute approximate surface area is 131 Å². The van der Waals surface area contributed by atoms with Gasteiger partial charge in [0.25, 0.3) is 0 Å². The number of benzene rings is 1. The number of amides is 2. The lowest BCUT2D eigenvalue weighted by Gasteiger charge is -2.31. The monoisotopic (exact) mass is 325 g/mol. The zero-order chi connectivity index (χ0) is 16.0. The van der Waals surface area contributed by atoms with Gasteiger partial charge < -0.3 is 10.6 Å². The molecule has 1 heterocycles. The standard InChI is InChI=1S/C15H23N3O3S/c1-22(20,21)18-11-5-8-14(12-18)17-15(19)16-10-9-13-6-3-2-4-7-13/h2-4,6-7,14H,5,8-12H2,1H3,(H2,16,17,19)/t14-/m1/s1. The van der Waals surface area contributed by atoms with Crippen LogP contribution in [0.5, 0.6) is 0 Å². The fraction of sp³-hybridized carbons (Fsp3) is 0.533. The molecule has 0 bridgehead atoms. The van der Waals surface area contributed by atoms with Crippen LogP contribution < -0.4 is 10.6 Å². The molecular weight excluding hydrogens is 302 g/mol. The minimum Gasteiger partial charge on any atom is -0.338 e. The summed E-state index contributed by atoms with van der Waals surface area (Å²) in [6, 6.07) is 9.57. The van der Waals surface area contributed by atoms with E-state index in [-0.39, 0.29) is 12.1 Å². The molecule has 0 spiro atoms. The first-order valence-corrected chi connectivity index (χ1v) is 9.33. The third kappa shape index (κ3) is 5.31. The molecule has 2 rings (SSSR count). The minimum atomic E-state index is -3.19. The zero-order valence-corrected chi connectivity index (χ0v) is 13.6. The van der Waals surface area contributed by atoms with E-state index < -0.39 is 10.0 Å². The zero-order valence-electron chi connectivity index (χ0n) is 12.8. The molecule has 1 atom stereocenters. The molecule has 1 aliphatic heterocycles. The first-order chi connectivity index (χ1) is 10.4. The largest absolute Gasteiger partial charge is 0.338 e. The van der Waals surface area contributed by atoms with Crippen molar-refractivity contribution in [2.75, 3.05) is 25.9 Å². The number of rotatable bonds is 5. The molecule has 0 radical (unpaired) electrons. The fourth-order valence-electron chi connectivity index (χ4n) is 2.56. The maximum absolute atomic E-state index is 11.9. The highest BCUT2D eigenvalue weighted by Gasteiger charge is 2.26. The van der Waals surface area contributed by atoms with E-state index in [0.29, 0.717) is 19.6 Å². The van der Waals surface area contributed by atoms with E-state index in [2.05, 4.69) is 10.6 Å². The normalized spacial score (nSPS) is 19.6. The van der Waals surface area contributed by atoms with Crippen LogP contribution in [0.4, 0.5) is 4.79 Å². The second-order valence-electron chi connectivity index (χ2n) is 5.60. The maximum atomic E-state index is 11.9. The average molecular weight is 325 g/mol. The van der Waals surface area contributed by atoms with Gasteiger partial charge >= 0.3 is 6.03 Å². The summed E-state index contributed by atoms with van der Waals surface area (Å²) in [7, 11) is -3.19. The summed E-state index contributed by atoms with van der Waals surface area (Å²) in [5.74, 6) is 0. The first kappa shape index (κ1) is 16.8. The van der Waals surface area contributed by atoms with Crippen molar-refractivity contribution in [2.45, 2.75) is 25.3 Å². The lowest BCUT2D eigenvalue weighted by Crippen LogP contribution is -2.51. The van der Waals surface area contributed by atoms with Gasteiger partial charge in [-0.05, 0) is 24.8 Å². The van der Waals surface area contributed by atoms with Crippen molar-refractivity contribution in [3.05, 3.63) is 35.9 Å². The van der Waals surface area contributed by atoms with Crippen LogP contribution in [0.2, 0.25) is 0 Å². The molecule has 1 aromatic carbocycles. The molecule has 2 amide bonds. The number of carbonyl (C=O) groups is 1. The van der Waals surface area contributed by atoms with Gasteiger partial charge in [-0.15, -0.1) is 0 Å². The van der Waals surface area contributed by atoms with Gasteiger partial charge in [0.2, 0.25) is 10.0 Å². The number of hydrogen-bond acceptors (Lipinski definition) is 3. The fourth-order valence-corrected chi connectivity index (χ4v) is 3.47. The van der Waals surface area contributed by atoms with Crippen molar-refractivity contribution < 1.29 is 13.2 Å². The number of carbonyl (C=O) groups excluding carboxylic acids is 1. The van der Waals surface area contributed by atoms with Crippen molar-refractivity contribution in [3.8, 4) is 0 Å². The number of piperidine rings is 1. The van der Waals surface area contributed by atoms with Gasteiger partial charge in [-0.1, -0.05) is 30.3 Å². The van der Waals surface area contributed by atoms with Gasteiger partial charge in [0, 0.05) is 25.7 Å². The molecule has 22 heavy (non-hydrogen) atoms. The van der Waals surface area contributed by atoms with E-state index in [1.54, 1.807) is 0 Å². The number of nitrogens with one attached hydrogen (secondary N) is 2. The summed E-state index contributed by atoms with van der Waals surface area (Å²) >= 11 is 0. The Morgan fingerprint density at radius 3 is 2.73 bits per heavy atom. The van der Waals surface area contributed by atoms with E-state index in [1.807, 2.05) is 30.3 Å². The number of urea groups is 1. The molecule has 6 nitrogen and oxygen atoms in total. The molecule has 1 aliphatic rings. The van der Waals surface area contributed by atoms with E-state index >= 15 is 0 Å². The highest BCUT2D eigenvalue weighted by Crippen LogP contribution is 2.12. The summed E-state index contributed by atoms with van der Waals surface area (Å²) in [6.07, 6.45) is 3.55. The highest BCUT2D eigenvalue weighted by molar-refractivity contribution is 7.88. The van der Waals surface area contributed by atoms with Crippen molar-refractivity contribution in [1.82, 2.24) is 14.9 Å². The van der Waals surface area contributed by atoms with Gasteiger partial charge in [0.15, 0.2) is 0 Å². The smallest absolute Gasteiger partial charge is 0.315 e. The van der Waals surface area contributed by atoms with E-state index in [4.69, 9.17) is 0 Å². The second-order valence-corrected chi connectivity index (χ2v) is 7.58. The van der Waals surface area contributed by atoms with Crippen molar-refractivity contribution in [1.29, 1.82) is 0 Å². The summed E-state index contributed by atoms with van der Waals surface area (Å²) in [5.41, 5.74) is 1.17. The lowest BCUT2D eigenvalue weighted by molar-refractivity contribution is 0.226. The quantitative estimate of drug-likeness (QED) is 0.846. The molecule has 2 N–H and O–H groups in total. The number of sulfonamides is 1. The van der Waals surface area contributed by atoms with Crippen LogP contribution in [-0.4, -0.2) is 50.7 Å². The van der Waals surface area contributed by atoms with Crippen LogP contribution >= 0.6 is 0 Å². The van der Waals surface area contributed by atoms with Crippen LogP contribution in [0.1, 0.15) is 18.4 Å². The topological polar surface area (TPSA) is 78.5 Å². The molecule has 7 heteroatoms. The third-order valence-electron chi connectivity index (χ3n) is 3.73. The van der Waals surface area contributed by atoms with Crippen molar-refractivity contribution >= 4 is 16.1 Å². The van der Waals surface area contributed by atoms with Gasteiger partial charge in [-0.3, -0.25) is 0 Å². The minimum absolute atomic E-state index is 0.125. The Morgan fingerprint density at radius 1 is 1.32 bits per heavy atom. The SMILES string of the molecule is CS(=O)(=O)N1CCC[C@@H](NC(=O)NCCc2ccccc2)C1. The Kier molecular flexibility index (Phi) is 5.79. The van der Waals surface area contributed by atoms with Crippen LogP contribution in [0, 0.1) is 0 Å². The Bertz CT molecular complexity index is 589. The van der Waals surface area contributed by atoms with Gasteiger partial charge in [-0.25, -0.2) is 17.5 Å². The lowest BCUT2D eigenvalue weighted by atomic mass is 10.1. The molecule has 1 aromatic rings. The second kappa shape index (κ2) is 7.60. The van der Waals surface area contributed by atoms with Crippen LogP contribution in [0.15, 0.2) is 30.3 Å². The van der Waals surface area contributed by atoms with Crippen LogP contribution in [0.25, 0.3) is 0 Å². The molecule has 122 valence electrons. The predicted molar refractivity (Wildman–Crippen MR) is 86.1 cm³/mol. The highest BCUT2D eigenvalue weighted by atomic mass is 32.2. The third-order valence-corrected chi connectivity index (χ3v) is 5.00. The van der Waals surface area contributed by atoms with Gasteiger partial charge in [0.05, 0.1) is 6.26 Å². The molecule has 0 unspecified atom stereocenters. The summed E-state index contributed by atoms with van der Waals surface area (Å²) in [4.78, 5) is 11.9. The van der Waals surface area contributed by atoms with Gasteiger partial charge in [-0.2, -0.15) is 0 Å². The van der Waals surface area contributed by atoms with Crippen molar-refractivity contribution in [3.63, 3.8) is 0 Å². The summed E-state index contributed by atoms with van der Waals surface area (Å²) in [5, 5.41) is 5.67. The molecule has 0 aliphatic carbocycles. The number of nitrogens with zero attached hydrogens (tertiary/aromatic N) is 1. The number of hydrogen-bond donors (Lipinski definition) is 2. The molecule has 1 fully saturated rings. The Morgan fingerprint density at radius 2 is 2.05 bits per heavy atom. The Hall–Kier alpha value is -1.60. The summed E-state index contributed by atoms with van der Waals surface area (Å²) in [6.45, 7) is 1.44. The van der Waals surface area contributed by atoms with Gasteiger partial charge in [0.1, 0.15) is 0 Å². The summed E-state index contributed by atoms with van der Waals surface area (Å²) < 4.78 is 24.5. The average Bonchev–Trinajstić information content (AvgIpc) is 2.48. The van der Waals surface area contributed by atoms with E-state index in [9.17, 15) is 13.2 Å². The predicted octanol–water partition coefficient (Wildman–Crippen LogP) is 0.952. The molecular formula is C15H23N3O3S.